The Hall–Kier alpha value is -2.64. The number of aromatic nitrogens is 2. The van der Waals surface area contributed by atoms with Gasteiger partial charge in [-0.2, -0.15) is 5.16 Å². The molecule has 0 aliphatic carbocycles. The third kappa shape index (κ3) is 10.1. The number of nitrogens with zero attached hydrogens (tertiary/aromatic N) is 1. The number of aromatic hydroxyl groups is 1. The summed E-state index contributed by atoms with van der Waals surface area (Å²) in [6, 6.07) is 3.10. The molecule has 2 heterocycles. The predicted octanol–water partition coefficient (Wildman–Crippen LogP) is 4.58. The molecule has 190 valence electrons. The topological polar surface area (TPSA) is 117 Å². The van der Waals surface area contributed by atoms with Crippen molar-refractivity contribution in [3.8, 4) is 5.88 Å². The van der Waals surface area contributed by atoms with Gasteiger partial charge in [-0.15, -0.1) is 0 Å². The van der Waals surface area contributed by atoms with Gasteiger partial charge in [0.15, 0.2) is 12.8 Å². The molecule has 0 bridgehead atoms. The van der Waals surface area contributed by atoms with Gasteiger partial charge in [0.1, 0.15) is 23.4 Å². The van der Waals surface area contributed by atoms with Gasteiger partial charge in [0.25, 0.3) is 5.56 Å². The number of H-pyrrole nitrogens is 1. The summed E-state index contributed by atoms with van der Waals surface area (Å²) in [6.07, 6.45) is 7.22. The van der Waals surface area contributed by atoms with E-state index < -0.39 is 0 Å². The maximum Gasteiger partial charge on any atom is 0.412 e. The summed E-state index contributed by atoms with van der Waals surface area (Å²) in [6.45, 7) is 8.46. The van der Waals surface area contributed by atoms with E-state index in [1.54, 1.807) is 13.1 Å². The lowest BCUT2D eigenvalue weighted by Crippen LogP contribution is -2.24. The maximum atomic E-state index is 12.2. The van der Waals surface area contributed by atoms with Gasteiger partial charge in [0, 0.05) is 49.3 Å². The predicted molar refractivity (Wildman–Crippen MR) is 127 cm³/mol. The van der Waals surface area contributed by atoms with E-state index in [0.717, 1.165) is 31.4 Å². The third-order valence-electron chi connectivity index (χ3n) is 6.28. The Labute approximate surface area is 201 Å². The molecule has 0 radical (unpaired) electrons. The number of aromatic amines is 1. The zero-order chi connectivity index (χ0) is 25.4. The van der Waals surface area contributed by atoms with Crippen LogP contribution in [-0.4, -0.2) is 21.8 Å². The molecular formula is C26H41N2O6+. The Balaban J connectivity index is 1.56. The van der Waals surface area contributed by atoms with Crippen LogP contribution in [0.2, 0.25) is 0 Å². The minimum atomic E-state index is -0.233. The molecule has 2 aromatic rings. The molecule has 0 saturated heterocycles. The van der Waals surface area contributed by atoms with Crippen molar-refractivity contribution in [2.24, 2.45) is 17.9 Å². The number of hydrogen-bond acceptors (Lipinski definition) is 6. The van der Waals surface area contributed by atoms with Crippen molar-refractivity contribution >= 4 is 11.6 Å². The molecule has 0 saturated carbocycles. The maximum absolute atomic E-state index is 12.2. The normalized spacial score (nSPS) is 12.3. The highest BCUT2D eigenvalue weighted by molar-refractivity contribution is 5.81. The van der Waals surface area contributed by atoms with Crippen LogP contribution in [0, 0.1) is 10.8 Å². The molecule has 0 unspecified atom stereocenters. The summed E-state index contributed by atoms with van der Waals surface area (Å²) >= 11 is 0. The minimum Gasteiger partial charge on any atom is -0.457 e. The van der Waals surface area contributed by atoms with Gasteiger partial charge < -0.3 is 9.63 Å². The molecular weight excluding hydrogens is 436 g/mol. The van der Waals surface area contributed by atoms with Crippen molar-refractivity contribution < 1.29 is 28.5 Å². The van der Waals surface area contributed by atoms with Crippen LogP contribution in [0.1, 0.15) is 97.0 Å². The quantitative estimate of drug-likeness (QED) is 0.342. The molecule has 0 amide bonds. The third-order valence-corrected chi connectivity index (χ3v) is 6.28. The number of ketones is 2. The van der Waals surface area contributed by atoms with Crippen molar-refractivity contribution in [2.45, 2.75) is 98.3 Å². The molecule has 2 rings (SSSR count). The average molecular weight is 478 g/mol. The first-order valence-corrected chi connectivity index (χ1v) is 12.2. The number of Topliss-reactive ketones (excluding diaryl/α,β-unsaturated/α-hetero) is 2. The van der Waals surface area contributed by atoms with Crippen molar-refractivity contribution in [1.29, 1.82) is 0 Å². The second kappa shape index (κ2) is 12.2. The molecule has 2 aromatic heterocycles. The van der Waals surface area contributed by atoms with Crippen molar-refractivity contribution in [1.82, 2.24) is 5.16 Å². The molecule has 8 nitrogen and oxygen atoms in total. The number of aryl methyl sites for hydroxylation is 1. The Morgan fingerprint density at radius 3 is 1.82 bits per heavy atom. The fourth-order valence-electron chi connectivity index (χ4n) is 4.36. The number of hydrogen-bond donors (Lipinski definition) is 2. The molecule has 0 spiro atoms. The molecule has 8 heteroatoms. The zero-order valence-electron chi connectivity index (χ0n) is 21.4. The van der Waals surface area contributed by atoms with Crippen LogP contribution in [0.5, 0.6) is 5.88 Å². The minimum absolute atomic E-state index is 0.0339. The average Bonchev–Trinajstić information content (AvgIpc) is 3.24. The zero-order valence-corrected chi connectivity index (χ0v) is 21.4. The van der Waals surface area contributed by atoms with Crippen LogP contribution < -0.4 is 10.3 Å². The van der Waals surface area contributed by atoms with E-state index in [9.17, 15) is 19.5 Å². The first-order valence-electron chi connectivity index (χ1n) is 12.2. The van der Waals surface area contributed by atoms with E-state index in [1.807, 2.05) is 0 Å². The molecule has 2 N–H and O–H groups in total. The van der Waals surface area contributed by atoms with Crippen LogP contribution in [0.3, 0.4) is 0 Å². The monoisotopic (exact) mass is 477 g/mol. The summed E-state index contributed by atoms with van der Waals surface area (Å²) in [5, 5.41) is 11.9. The largest absolute Gasteiger partial charge is 0.457 e. The Morgan fingerprint density at radius 1 is 0.882 bits per heavy atom. The lowest BCUT2D eigenvalue weighted by Gasteiger charge is -2.22. The number of rotatable bonds is 16. The number of nitrogens with one attached hydrogen (secondary N) is 1. The van der Waals surface area contributed by atoms with Crippen LogP contribution in [0.25, 0.3) is 0 Å². The van der Waals surface area contributed by atoms with Gasteiger partial charge in [0.2, 0.25) is 0 Å². The van der Waals surface area contributed by atoms with Gasteiger partial charge in [0.05, 0.1) is 0 Å². The standard InChI is InChI=1S/C26H40N2O6/c1-25(2,17-21-15-23(31)27-33-21)13-7-11-19(29)9-6-10-20(30)12-8-14-26(3,4)18-22-16-24(32)28(5)34-22/h15-16H,6-14,17-18H2,1-5H3,(H,27,31)/p+1. The van der Waals surface area contributed by atoms with Gasteiger partial charge in [-0.1, -0.05) is 27.7 Å². The van der Waals surface area contributed by atoms with Crippen LogP contribution in [-0.2, 0) is 29.5 Å². The van der Waals surface area contributed by atoms with Gasteiger partial charge in [-0.05, 0) is 42.9 Å². The smallest absolute Gasteiger partial charge is 0.412 e. The molecule has 34 heavy (non-hydrogen) atoms. The first-order chi connectivity index (χ1) is 15.8. The Morgan fingerprint density at radius 2 is 1.38 bits per heavy atom. The highest BCUT2D eigenvalue weighted by atomic mass is 16.5. The van der Waals surface area contributed by atoms with Crippen LogP contribution in [0.15, 0.2) is 26.0 Å². The van der Waals surface area contributed by atoms with Gasteiger partial charge in [-0.3, -0.25) is 14.4 Å². The van der Waals surface area contributed by atoms with Crippen LogP contribution >= 0.6 is 0 Å². The molecule has 0 aromatic carbocycles. The summed E-state index contributed by atoms with van der Waals surface area (Å²) in [4.78, 5) is 35.6. The lowest BCUT2D eigenvalue weighted by atomic mass is 9.82. The van der Waals surface area contributed by atoms with E-state index in [1.165, 1.54) is 10.8 Å². The van der Waals surface area contributed by atoms with E-state index in [2.05, 4.69) is 32.9 Å². The summed E-state index contributed by atoms with van der Waals surface area (Å²) in [7, 11) is 1.66. The van der Waals surface area contributed by atoms with Crippen molar-refractivity contribution in [3.63, 3.8) is 0 Å². The molecule has 0 atom stereocenters. The Bertz CT molecular complexity index is 976. The summed E-state index contributed by atoms with van der Waals surface area (Å²) in [5.74, 6) is 1.88. The SMILES string of the molecule is C[n+]1oc(CC(C)(C)CCCC(=O)CCCC(=O)CCCC(C)(C)Cc2cc(=O)[nH]o2)cc1O. The number of carbonyl (C=O) groups excluding carboxylic acids is 2. The summed E-state index contributed by atoms with van der Waals surface area (Å²) in [5.41, 5.74) is -0.325. The van der Waals surface area contributed by atoms with Crippen molar-refractivity contribution in [2.75, 3.05) is 0 Å². The van der Waals surface area contributed by atoms with Gasteiger partial charge >= 0.3 is 5.88 Å². The van der Waals surface area contributed by atoms with E-state index >= 15 is 0 Å². The summed E-state index contributed by atoms with van der Waals surface area (Å²) < 4.78 is 11.9. The fourth-order valence-corrected chi connectivity index (χ4v) is 4.36. The van der Waals surface area contributed by atoms with Crippen molar-refractivity contribution in [3.05, 3.63) is 34.0 Å². The van der Waals surface area contributed by atoms with E-state index in [0.29, 0.717) is 50.7 Å². The van der Waals surface area contributed by atoms with E-state index in [-0.39, 0.29) is 33.8 Å². The van der Waals surface area contributed by atoms with Crippen LogP contribution in [0.4, 0.5) is 0 Å². The molecule has 0 aliphatic rings. The van der Waals surface area contributed by atoms with Gasteiger partial charge in [-0.25, -0.2) is 4.52 Å². The Kier molecular flexibility index (Phi) is 9.89. The highest BCUT2D eigenvalue weighted by Gasteiger charge is 2.25. The first kappa shape index (κ1) is 27.6. The lowest BCUT2D eigenvalue weighted by molar-refractivity contribution is -0.849. The molecule has 0 aliphatic heterocycles. The second-order valence-electron chi connectivity index (χ2n) is 11.1. The number of carbonyl (C=O) groups is 2. The fraction of sp³-hybridized carbons (Fsp3) is 0.692. The second-order valence-corrected chi connectivity index (χ2v) is 11.1. The highest BCUT2D eigenvalue weighted by Crippen LogP contribution is 2.29. The van der Waals surface area contributed by atoms with E-state index in [4.69, 9.17) is 9.05 Å². The molecule has 0 fully saturated rings.